The number of benzene rings is 8. The molecule has 8 nitrogen and oxygen atoms in total. The van der Waals surface area contributed by atoms with E-state index in [0.29, 0.717) is 28.8 Å². The average molecular weight is 881 g/mol. The van der Waals surface area contributed by atoms with Crippen molar-refractivity contribution < 1.29 is 36.7 Å². The Morgan fingerprint density at radius 1 is 0.500 bits per heavy atom. The number of para-hydroxylation sites is 1. The van der Waals surface area contributed by atoms with Crippen molar-refractivity contribution in [2.75, 3.05) is 7.11 Å². The van der Waals surface area contributed by atoms with Crippen molar-refractivity contribution in [1.29, 1.82) is 0 Å². The molecule has 0 saturated carbocycles. The van der Waals surface area contributed by atoms with E-state index in [1.165, 1.54) is 0 Å². The van der Waals surface area contributed by atoms with Gasteiger partial charge in [-0.15, -0.1) is 0 Å². The van der Waals surface area contributed by atoms with E-state index in [1.54, 1.807) is 49.6 Å². The van der Waals surface area contributed by atoms with E-state index >= 15 is 0 Å². The summed E-state index contributed by atoms with van der Waals surface area (Å²) in [7, 11) is -2.81. The third-order valence-corrected chi connectivity index (χ3v) is 12.4. The van der Waals surface area contributed by atoms with Crippen LogP contribution in [0.5, 0.6) is 34.5 Å². The third kappa shape index (κ3) is 10.1. The second kappa shape index (κ2) is 19.8. The highest BCUT2D eigenvalue weighted by Crippen LogP contribution is 2.48. The maximum Gasteiger partial charge on any atom is 0.530 e. The molecule has 8 aromatic rings. The lowest BCUT2D eigenvalue weighted by atomic mass is 10.0. The van der Waals surface area contributed by atoms with Gasteiger partial charge in [0, 0.05) is 6.07 Å². The van der Waals surface area contributed by atoms with Gasteiger partial charge < -0.3 is 31.9 Å². The van der Waals surface area contributed by atoms with Crippen molar-refractivity contribution in [3.05, 3.63) is 229 Å². The molecule has 8 aromatic carbocycles. The van der Waals surface area contributed by atoms with Crippen molar-refractivity contribution in [1.82, 2.24) is 0 Å². The molecule has 1 unspecified atom stereocenters. The van der Waals surface area contributed by atoms with Crippen LogP contribution in [0.2, 0.25) is 0 Å². The van der Waals surface area contributed by atoms with Crippen LogP contribution in [-0.4, -0.2) is 12.9 Å². The van der Waals surface area contributed by atoms with Crippen LogP contribution >= 0.6 is 17.2 Å². The zero-order chi connectivity index (χ0) is 43.7. The summed E-state index contributed by atoms with van der Waals surface area (Å²) in [4.78, 5) is 14.9. The quantitative estimate of drug-likeness (QED) is 0.0539. The predicted molar refractivity (Wildman–Crippen MR) is 258 cm³/mol. The third-order valence-electron chi connectivity index (χ3n) is 10.3. The number of rotatable bonds is 16. The van der Waals surface area contributed by atoms with Gasteiger partial charge in [-0.1, -0.05) is 127 Å². The highest BCUT2D eigenvalue weighted by Gasteiger charge is 2.29. The second-order valence-electron chi connectivity index (χ2n) is 14.6. The molecule has 0 amide bonds. The minimum Gasteiger partial charge on any atom is -0.497 e. The Balaban J connectivity index is 1.05. The van der Waals surface area contributed by atoms with E-state index in [4.69, 9.17) is 31.9 Å². The lowest BCUT2D eigenvalue weighted by Crippen LogP contribution is -2.09. The molecule has 10 heteroatoms. The van der Waals surface area contributed by atoms with Crippen molar-refractivity contribution in [3.63, 3.8) is 0 Å². The highest BCUT2D eigenvalue weighted by atomic mass is 31.2. The summed E-state index contributed by atoms with van der Waals surface area (Å²) in [6.07, 6.45) is 12.7. The number of ketones is 1. The first-order valence-electron chi connectivity index (χ1n) is 20.6. The van der Waals surface area contributed by atoms with Crippen LogP contribution in [0.4, 0.5) is 0 Å². The number of hydrogen-bond donors (Lipinski definition) is 0. The van der Waals surface area contributed by atoms with Crippen molar-refractivity contribution in [2.45, 2.75) is 13.3 Å². The molecule has 0 radical (unpaired) electrons. The Labute approximate surface area is 374 Å². The summed E-state index contributed by atoms with van der Waals surface area (Å²) in [5, 5.41) is 6.17. The number of hydrogen-bond acceptors (Lipinski definition) is 8. The molecule has 0 N–H and O–H groups in total. The minimum absolute atomic E-state index is 0.190. The van der Waals surface area contributed by atoms with Crippen LogP contribution in [0.15, 0.2) is 218 Å². The summed E-state index contributed by atoms with van der Waals surface area (Å²) in [6, 6.07) is 53.5. The molecule has 0 saturated heterocycles. The van der Waals surface area contributed by atoms with Gasteiger partial charge in [0.25, 0.3) is 0 Å². The fraction of sp³-hybridized carbons (Fsp3) is 0.0556. The number of carbonyl (C=O) groups is 1. The first kappa shape index (κ1) is 42.0. The Morgan fingerprint density at radius 2 is 1.00 bits per heavy atom. The van der Waals surface area contributed by atoms with E-state index < -0.39 is 17.2 Å². The fourth-order valence-corrected chi connectivity index (χ4v) is 9.09. The number of allylic oxidation sites excluding steroid dienone is 7. The zero-order valence-electron chi connectivity index (χ0n) is 35.0. The summed E-state index contributed by atoms with van der Waals surface area (Å²) >= 11 is 0. The topological polar surface area (TPSA) is 81.7 Å². The van der Waals surface area contributed by atoms with Gasteiger partial charge in [0.05, 0.1) is 18.2 Å². The van der Waals surface area contributed by atoms with Gasteiger partial charge in [-0.3, -0.25) is 4.79 Å². The van der Waals surface area contributed by atoms with Crippen LogP contribution in [0.1, 0.15) is 29.3 Å². The summed E-state index contributed by atoms with van der Waals surface area (Å²) in [5.74, 6) is 2.71. The fourth-order valence-electron chi connectivity index (χ4n) is 7.04. The monoisotopic (exact) mass is 880 g/mol. The molecule has 9 rings (SSSR count). The van der Waals surface area contributed by atoms with Gasteiger partial charge in [-0.05, 0) is 124 Å². The molecule has 0 bridgehead atoms. The van der Waals surface area contributed by atoms with Gasteiger partial charge in [0.2, 0.25) is 5.78 Å². The van der Waals surface area contributed by atoms with Crippen molar-refractivity contribution in [2.24, 2.45) is 0 Å². The van der Waals surface area contributed by atoms with E-state index in [1.807, 2.05) is 165 Å². The molecule has 1 aliphatic carbocycles. The molecule has 0 aromatic heterocycles. The van der Waals surface area contributed by atoms with E-state index in [9.17, 15) is 4.79 Å². The van der Waals surface area contributed by atoms with Gasteiger partial charge in [0.15, 0.2) is 0 Å². The van der Waals surface area contributed by atoms with Crippen LogP contribution < -0.4 is 27.4 Å². The number of fused-ring (bicyclic) bond motifs is 3. The zero-order valence-corrected chi connectivity index (χ0v) is 36.8. The Hall–Kier alpha value is -7.37. The largest absolute Gasteiger partial charge is 0.530 e. The van der Waals surface area contributed by atoms with Crippen LogP contribution in [0.25, 0.3) is 32.3 Å². The second-order valence-corrected chi connectivity index (χ2v) is 16.6. The minimum atomic E-state index is -2.21. The number of ether oxygens (including phenoxy) is 1. The van der Waals surface area contributed by atoms with Crippen molar-refractivity contribution in [3.8, 4) is 34.5 Å². The van der Waals surface area contributed by atoms with Crippen LogP contribution in [0, 0.1) is 0 Å². The van der Waals surface area contributed by atoms with Gasteiger partial charge in [0.1, 0.15) is 40.3 Å². The number of methoxy groups -OCH3 is 1. The Bertz CT molecular complexity index is 3020. The summed E-state index contributed by atoms with van der Waals surface area (Å²) in [5.41, 5.74) is 1.55. The van der Waals surface area contributed by atoms with E-state index in [2.05, 4.69) is 6.08 Å². The summed E-state index contributed by atoms with van der Waals surface area (Å²) in [6.45, 7) is 1.89. The van der Waals surface area contributed by atoms with E-state index in [-0.39, 0.29) is 28.4 Å². The maximum absolute atomic E-state index is 14.9. The standard InChI is InChI=1S/C54H42O8P2/c1-3-45(33-38-15-5-4-6-16-38)57-63(58-47-28-25-39-17-7-10-20-42(39)34-47)61-52-24-14-13-23-50(52)54(55)51-32-31-46(56-2)37-53(51)62-64(59-48-29-26-40-18-8-11-21-43(40)35-48)60-49-30-27-41-19-9-12-22-44(41)36-49/h3-15,17-37H,16H2,1-2H3/b38-33-,45-3+. The normalized spacial score (nSPS) is 13.5. The molecule has 0 heterocycles. The summed E-state index contributed by atoms with van der Waals surface area (Å²) < 4.78 is 44.9. The lowest BCUT2D eigenvalue weighted by molar-refractivity contribution is 0.103. The first-order valence-corrected chi connectivity index (χ1v) is 22.8. The van der Waals surface area contributed by atoms with Crippen molar-refractivity contribution >= 4 is 55.3 Å². The number of carbonyl (C=O) groups excluding carboxylic acids is 1. The Morgan fingerprint density at radius 3 is 1.55 bits per heavy atom. The molecule has 64 heavy (non-hydrogen) atoms. The SMILES string of the molecule is C/C=C(\C=C1\C=CC=CC1)OP(Oc1ccc2ccccc2c1)Oc1ccccc1C(=O)c1ccc(OC)cc1OP(Oc1ccc2ccccc2c1)Oc1ccc2ccccc2c1. The molecule has 0 spiro atoms. The Kier molecular flexibility index (Phi) is 13.0. The highest BCUT2D eigenvalue weighted by molar-refractivity contribution is 7.43. The van der Waals surface area contributed by atoms with Crippen LogP contribution in [0.3, 0.4) is 0 Å². The molecule has 0 aliphatic heterocycles. The molecular formula is C54H42O8P2. The molecule has 1 aliphatic rings. The predicted octanol–water partition coefficient (Wildman–Crippen LogP) is 15.2. The molecule has 0 fully saturated rings. The smallest absolute Gasteiger partial charge is 0.497 e. The van der Waals surface area contributed by atoms with Gasteiger partial charge >= 0.3 is 17.2 Å². The molecular weight excluding hydrogens is 839 g/mol. The van der Waals surface area contributed by atoms with E-state index in [0.717, 1.165) is 44.3 Å². The first-order chi connectivity index (χ1) is 31.5. The average Bonchev–Trinajstić information content (AvgIpc) is 3.34. The van der Waals surface area contributed by atoms with Gasteiger partial charge in [-0.25, -0.2) is 0 Å². The van der Waals surface area contributed by atoms with Gasteiger partial charge in [-0.2, -0.15) is 0 Å². The maximum atomic E-state index is 14.9. The molecule has 316 valence electrons. The van der Waals surface area contributed by atoms with Crippen LogP contribution in [-0.2, 0) is 4.52 Å². The molecule has 1 atom stereocenters. The lowest BCUT2D eigenvalue weighted by Gasteiger charge is -2.21.